The first-order valence-corrected chi connectivity index (χ1v) is 6.60. The maximum Gasteiger partial charge on any atom is 0.269 e. The number of hydrogen-bond donors (Lipinski definition) is 2. The second-order valence-corrected chi connectivity index (χ2v) is 5.27. The molecule has 2 heterocycles. The van der Waals surface area contributed by atoms with Crippen LogP contribution in [0.5, 0.6) is 0 Å². The summed E-state index contributed by atoms with van der Waals surface area (Å²) in [5.74, 6) is -0.0420. The summed E-state index contributed by atoms with van der Waals surface area (Å²) in [5.41, 5.74) is 1.63. The lowest BCUT2D eigenvalue weighted by atomic mass is 10.0. The molecule has 1 fully saturated rings. The molecule has 5 heteroatoms. The van der Waals surface area contributed by atoms with Crippen molar-refractivity contribution in [2.75, 3.05) is 13.1 Å². The molecule has 1 aromatic rings. The second kappa shape index (κ2) is 5.10. The highest BCUT2D eigenvalue weighted by atomic mass is 16.2. The largest absolute Gasteiger partial charge is 0.349 e. The number of aromatic nitrogens is 2. The van der Waals surface area contributed by atoms with E-state index in [4.69, 9.17) is 0 Å². The van der Waals surface area contributed by atoms with Gasteiger partial charge in [0.25, 0.3) is 5.91 Å². The maximum atomic E-state index is 12.1. The van der Waals surface area contributed by atoms with Crippen molar-refractivity contribution < 1.29 is 4.79 Å². The Kier molecular flexibility index (Phi) is 3.71. The molecule has 5 nitrogen and oxygen atoms in total. The first kappa shape index (κ1) is 13.1. The van der Waals surface area contributed by atoms with E-state index in [-0.39, 0.29) is 11.4 Å². The second-order valence-electron chi connectivity index (χ2n) is 5.27. The Balaban J connectivity index is 1.96. The zero-order valence-corrected chi connectivity index (χ0v) is 11.4. The van der Waals surface area contributed by atoms with Crippen molar-refractivity contribution in [1.82, 2.24) is 20.4 Å². The summed E-state index contributed by atoms with van der Waals surface area (Å²) in [4.78, 5) is 12.1. The maximum absolute atomic E-state index is 12.1. The minimum Gasteiger partial charge on any atom is -0.349 e. The summed E-state index contributed by atoms with van der Waals surface area (Å²) in [5, 5.41) is 10.7. The molecule has 0 aliphatic carbocycles. The first-order valence-electron chi connectivity index (χ1n) is 6.60. The van der Waals surface area contributed by atoms with Gasteiger partial charge in [-0.3, -0.25) is 9.48 Å². The molecular weight excluding hydrogens is 228 g/mol. The molecular formula is C13H22N4O. The van der Waals surface area contributed by atoms with Crippen LogP contribution < -0.4 is 10.6 Å². The molecule has 1 saturated heterocycles. The van der Waals surface area contributed by atoms with Crippen LogP contribution in [0.1, 0.15) is 42.9 Å². The molecule has 0 aromatic carbocycles. The van der Waals surface area contributed by atoms with Gasteiger partial charge in [-0.1, -0.05) is 6.92 Å². The van der Waals surface area contributed by atoms with Gasteiger partial charge in [0.2, 0.25) is 0 Å². The van der Waals surface area contributed by atoms with Crippen LogP contribution in [0, 0.1) is 0 Å². The molecule has 18 heavy (non-hydrogen) atoms. The third-order valence-electron chi connectivity index (χ3n) is 3.62. The SMILES string of the molecule is CCc1cc(C(=O)NCC2(C)CCCN2)n(C)n1. The van der Waals surface area contributed by atoms with Crippen molar-refractivity contribution in [2.24, 2.45) is 7.05 Å². The Labute approximate surface area is 108 Å². The van der Waals surface area contributed by atoms with Gasteiger partial charge < -0.3 is 10.6 Å². The molecule has 0 spiro atoms. The number of carbonyl (C=O) groups is 1. The van der Waals surface area contributed by atoms with E-state index in [2.05, 4.69) is 22.7 Å². The Morgan fingerprint density at radius 1 is 1.67 bits per heavy atom. The van der Waals surface area contributed by atoms with Crippen molar-refractivity contribution >= 4 is 5.91 Å². The third-order valence-corrected chi connectivity index (χ3v) is 3.62. The van der Waals surface area contributed by atoms with Crippen LogP contribution in [-0.4, -0.2) is 34.3 Å². The molecule has 2 N–H and O–H groups in total. The molecule has 0 bridgehead atoms. The van der Waals surface area contributed by atoms with Gasteiger partial charge in [0.05, 0.1) is 5.69 Å². The van der Waals surface area contributed by atoms with Gasteiger partial charge >= 0.3 is 0 Å². The molecule has 0 saturated carbocycles. The number of hydrogen-bond acceptors (Lipinski definition) is 3. The van der Waals surface area contributed by atoms with Crippen LogP contribution in [0.4, 0.5) is 0 Å². The lowest BCUT2D eigenvalue weighted by Gasteiger charge is -2.24. The van der Waals surface area contributed by atoms with Crippen LogP contribution in [-0.2, 0) is 13.5 Å². The molecule has 1 atom stereocenters. The Morgan fingerprint density at radius 3 is 3.00 bits per heavy atom. The summed E-state index contributed by atoms with van der Waals surface area (Å²) < 4.78 is 1.65. The van der Waals surface area contributed by atoms with Gasteiger partial charge in [0.1, 0.15) is 5.69 Å². The van der Waals surface area contributed by atoms with E-state index >= 15 is 0 Å². The molecule has 1 unspecified atom stereocenters. The van der Waals surface area contributed by atoms with Gasteiger partial charge in [-0.25, -0.2) is 0 Å². The lowest BCUT2D eigenvalue weighted by Crippen LogP contribution is -2.47. The van der Waals surface area contributed by atoms with E-state index in [1.54, 1.807) is 4.68 Å². The van der Waals surface area contributed by atoms with Crippen molar-refractivity contribution in [3.63, 3.8) is 0 Å². The highest BCUT2D eigenvalue weighted by molar-refractivity contribution is 5.92. The molecule has 2 rings (SSSR count). The fourth-order valence-electron chi connectivity index (χ4n) is 2.39. The number of rotatable bonds is 4. The van der Waals surface area contributed by atoms with E-state index < -0.39 is 0 Å². The summed E-state index contributed by atoms with van der Waals surface area (Å²) >= 11 is 0. The summed E-state index contributed by atoms with van der Waals surface area (Å²) in [6.45, 7) is 5.89. The molecule has 1 aliphatic rings. The van der Waals surface area contributed by atoms with Crippen LogP contribution >= 0.6 is 0 Å². The van der Waals surface area contributed by atoms with Crippen LogP contribution in [0.25, 0.3) is 0 Å². The predicted molar refractivity (Wildman–Crippen MR) is 70.6 cm³/mol. The van der Waals surface area contributed by atoms with E-state index in [0.717, 1.165) is 25.1 Å². The van der Waals surface area contributed by atoms with E-state index in [0.29, 0.717) is 12.2 Å². The van der Waals surface area contributed by atoms with Crippen molar-refractivity contribution in [3.05, 3.63) is 17.5 Å². The molecule has 1 aromatic heterocycles. The number of aryl methyl sites for hydroxylation is 2. The quantitative estimate of drug-likeness (QED) is 0.833. The molecule has 0 radical (unpaired) electrons. The Bertz CT molecular complexity index is 432. The summed E-state index contributed by atoms with van der Waals surface area (Å²) in [6, 6.07) is 1.86. The minimum absolute atomic E-state index is 0.0420. The number of amides is 1. The van der Waals surface area contributed by atoms with Crippen molar-refractivity contribution in [2.45, 2.75) is 38.6 Å². The predicted octanol–water partition coefficient (Wildman–Crippen LogP) is 0.854. The molecule has 1 aliphatic heterocycles. The standard InChI is InChI=1S/C13H22N4O/c1-4-10-8-11(17(3)16-10)12(18)14-9-13(2)6-5-7-15-13/h8,15H,4-7,9H2,1-3H3,(H,14,18). The monoisotopic (exact) mass is 250 g/mol. The van der Waals surface area contributed by atoms with E-state index in [1.165, 1.54) is 6.42 Å². The fourth-order valence-corrected chi connectivity index (χ4v) is 2.39. The van der Waals surface area contributed by atoms with Gasteiger partial charge in [0, 0.05) is 19.1 Å². The van der Waals surface area contributed by atoms with Crippen LogP contribution in [0.15, 0.2) is 6.07 Å². The number of carbonyl (C=O) groups excluding carboxylic acids is 1. The zero-order valence-electron chi connectivity index (χ0n) is 11.4. The van der Waals surface area contributed by atoms with Crippen molar-refractivity contribution in [1.29, 1.82) is 0 Å². The average Bonchev–Trinajstić information content (AvgIpc) is 2.93. The summed E-state index contributed by atoms with van der Waals surface area (Å²) in [6.07, 6.45) is 3.14. The summed E-state index contributed by atoms with van der Waals surface area (Å²) in [7, 11) is 1.81. The normalized spacial score (nSPS) is 23.3. The van der Waals surface area contributed by atoms with E-state index in [9.17, 15) is 4.79 Å². The Hall–Kier alpha value is -1.36. The van der Waals surface area contributed by atoms with E-state index in [1.807, 2.05) is 20.0 Å². The first-order chi connectivity index (χ1) is 8.54. The highest BCUT2D eigenvalue weighted by Gasteiger charge is 2.28. The topological polar surface area (TPSA) is 59.0 Å². The van der Waals surface area contributed by atoms with Gasteiger partial charge in [-0.2, -0.15) is 5.10 Å². The van der Waals surface area contributed by atoms with Crippen LogP contribution in [0.2, 0.25) is 0 Å². The number of nitrogens with one attached hydrogen (secondary N) is 2. The highest BCUT2D eigenvalue weighted by Crippen LogP contribution is 2.17. The third kappa shape index (κ3) is 2.72. The van der Waals surface area contributed by atoms with Crippen molar-refractivity contribution in [3.8, 4) is 0 Å². The molecule has 100 valence electrons. The van der Waals surface area contributed by atoms with Gasteiger partial charge in [0.15, 0.2) is 0 Å². The average molecular weight is 250 g/mol. The number of nitrogens with zero attached hydrogens (tertiary/aromatic N) is 2. The van der Waals surface area contributed by atoms with Gasteiger partial charge in [-0.15, -0.1) is 0 Å². The van der Waals surface area contributed by atoms with Crippen LogP contribution in [0.3, 0.4) is 0 Å². The minimum atomic E-state index is -0.0420. The fraction of sp³-hybridized carbons (Fsp3) is 0.692. The Morgan fingerprint density at radius 2 is 2.44 bits per heavy atom. The lowest BCUT2D eigenvalue weighted by molar-refractivity contribution is 0.0933. The molecule has 1 amide bonds. The van der Waals surface area contributed by atoms with Gasteiger partial charge in [-0.05, 0) is 38.8 Å². The smallest absolute Gasteiger partial charge is 0.269 e. The zero-order chi connectivity index (χ0) is 13.2.